The smallest absolute Gasteiger partial charge is 0.166 e. The number of ether oxygens (including phenoxy) is 3. The molecule has 0 unspecified atom stereocenters. The third-order valence-corrected chi connectivity index (χ3v) is 7.13. The van der Waals surface area contributed by atoms with Crippen LogP contribution in [0.25, 0.3) is 11.1 Å². The first-order valence-corrected chi connectivity index (χ1v) is 13.7. The average molecular weight is 527 g/mol. The van der Waals surface area contributed by atoms with Crippen LogP contribution in [0.4, 0.5) is 13.2 Å². The van der Waals surface area contributed by atoms with Gasteiger partial charge in [-0.1, -0.05) is 50.6 Å². The summed E-state index contributed by atoms with van der Waals surface area (Å²) in [6.07, 6.45) is 5.63. The van der Waals surface area contributed by atoms with Gasteiger partial charge >= 0.3 is 0 Å². The predicted octanol–water partition coefficient (Wildman–Crippen LogP) is 8.98. The van der Waals surface area contributed by atoms with Crippen molar-refractivity contribution in [1.29, 1.82) is 0 Å². The Kier molecular flexibility index (Phi) is 10.1. The Morgan fingerprint density at radius 2 is 1.45 bits per heavy atom. The van der Waals surface area contributed by atoms with Gasteiger partial charge < -0.3 is 14.2 Å². The highest BCUT2D eigenvalue weighted by Crippen LogP contribution is 2.38. The predicted molar refractivity (Wildman–Crippen MR) is 144 cm³/mol. The number of halogens is 3. The molecule has 3 aromatic carbocycles. The van der Waals surface area contributed by atoms with Gasteiger partial charge in [-0.2, -0.15) is 0 Å². The first-order valence-electron chi connectivity index (χ1n) is 13.7. The molecule has 6 heteroatoms. The Bertz CT molecular complexity index is 1170. The van der Waals surface area contributed by atoms with Gasteiger partial charge in [0.25, 0.3) is 0 Å². The molecule has 0 amide bonds. The average Bonchev–Trinajstić information content (AvgIpc) is 2.94. The van der Waals surface area contributed by atoms with Crippen molar-refractivity contribution >= 4 is 0 Å². The molecule has 0 saturated heterocycles. The molecule has 1 aliphatic carbocycles. The normalized spacial score (nSPS) is 17.4. The Hall–Kier alpha value is -2.99. The molecule has 0 radical (unpaired) electrons. The van der Waals surface area contributed by atoms with Gasteiger partial charge in [0.05, 0.1) is 25.9 Å². The van der Waals surface area contributed by atoms with E-state index in [-0.39, 0.29) is 30.0 Å². The van der Waals surface area contributed by atoms with Gasteiger partial charge in [-0.25, -0.2) is 13.2 Å². The van der Waals surface area contributed by atoms with Gasteiger partial charge in [-0.15, -0.1) is 0 Å². The second-order valence-corrected chi connectivity index (χ2v) is 9.94. The van der Waals surface area contributed by atoms with E-state index in [4.69, 9.17) is 14.2 Å². The highest BCUT2D eigenvalue weighted by atomic mass is 19.2. The van der Waals surface area contributed by atoms with Crippen molar-refractivity contribution in [3.63, 3.8) is 0 Å². The van der Waals surface area contributed by atoms with Crippen LogP contribution < -0.4 is 9.47 Å². The molecule has 1 aliphatic rings. The third kappa shape index (κ3) is 7.10. The molecule has 1 saturated carbocycles. The zero-order chi connectivity index (χ0) is 26.9. The third-order valence-electron chi connectivity index (χ3n) is 7.13. The van der Waals surface area contributed by atoms with Gasteiger partial charge in [0.1, 0.15) is 17.3 Å². The molecule has 0 aromatic heterocycles. The summed E-state index contributed by atoms with van der Waals surface area (Å²) < 4.78 is 61.8. The van der Waals surface area contributed by atoms with Gasteiger partial charge in [-0.05, 0) is 73.8 Å². The highest BCUT2D eigenvalue weighted by molar-refractivity contribution is 5.65. The zero-order valence-corrected chi connectivity index (χ0v) is 22.3. The number of rotatable bonds is 12. The minimum atomic E-state index is -0.819. The minimum absolute atomic E-state index is 0.0354. The molecule has 0 heterocycles. The van der Waals surface area contributed by atoms with Gasteiger partial charge in [0, 0.05) is 17.2 Å². The van der Waals surface area contributed by atoms with E-state index in [0.717, 1.165) is 19.3 Å². The molecular weight excluding hydrogens is 489 g/mol. The Balaban J connectivity index is 1.31. The fourth-order valence-corrected chi connectivity index (χ4v) is 4.87. The van der Waals surface area contributed by atoms with Crippen molar-refractivity contribution in [1.82, 2.24) is 0 Å². The van der Waals surface area contributed by atoms with E-state index in [2.05, 4.69) is 6.92 Å². The summed E-state index contributed by atoms with van der Waals surface area (Å²) in [6, 6.07) is 15.3. The van der Waals surface area contributed by atoms with Crippen LogP contribution in [0.15, 0.2) is 54.6 Å². The van der Waals surface area contributed by atoms with E-state index in [1.54, 1.807) is 48.5 Å². The quantitative estimate of drug-likeness (QED) is 0.220. The van der Waals surface area contributed by atoms with Crippen molar-refractivity contribution in [3.05, 3.63) is 83.2 Å². The molecule has 0 aliphatic heterocycles. The van der Waals surface area contributed by atoms with E-state index < -0.39 is 11.6 Å². The van der Waals surface area contributed by atoms with Crippen molar-refractivity contribution in [2.45, 2.75) is 77.4 Å². The van der Waals surface area contributed by atoms with Crippen molar-refractivity contribution in [3.8, 4) is 22.6 Å². The van der Waals surface area contributed by atoms with Crippen LogP contribution in [0.5, 0.6) is 11.5 Å². The topological polar surface area (TPSA) is 27.7 Å². The van der Waals surface area contributed by atoms with Gasteiger partial charge in [0.2, 0.25) is 0 Å². The lowest BCUT2D eigenvalue weighted by Crippen LogP contribution is -2.21. The van der Waals surface area contributed by atoms with Crippen LogP contribution in [0.1, 0.15) is 75.8 Å². The standard InChI is InChI=1S/C32H37F3O3/c1-3-5-19-37-27-15-10-24(30(33)20-27)21-38-26-13-8-23(9-14-26)29-17-16-28(31(34)32(29)35)22-6-11-25(12-7-22)36-18-4-2/h6-7,10-12,15-17,20,23,26H,3-5,8-9,13-14,18-19,21H2,1-2H3. The second-order valence-electron chi connectivity index (χ2n) is 9.94. The van der Waals surface area contributed by atoms with E-state index in [9.17, 15) is 4.39 Å². The monoisotopic (exact) mass is 526 g/mol. The van der Waals surface area contributed by atoms with Crippen LogP contribution in [0, 0.1) is 17.5 Å². The molecular formula is C32H37F3O3. The van der Waals surface area contributed by atoms with Crippen LogP contribution in [0.3, 0.4) is 0 Å². The summed E-state index contributed by atoms with van der Waals surface area (Å²) in [7, 11) is 0. The van der Waals surface area contributed by atoms with Crippen molar-refractivity contribution in [2.24, 2.45) is 0 Å². The molecule has 4 rings (SSSR count). The number of hydrogen-bond acceptors (Lipinski definition) is 3. The lowest BCUT2D eigenvalue weighted by molar-refractivity contribution is 0.0118. The summed E-state index contributed by atoms with van der Waals surface area (Å²) in [5.41, 5.74) is 1.76. The second kappa shape index (κ2) is 13.7. The summed E-state index contributed by atoms with van der Waals surface area (Å²) in [6.45, 7) is 5.47. The van der Waals surface area contributed by atoms with E-state index in [1.165, 1.54) is 6.07 Å². The van der Waals surface area contributed by atoms with Crippen LogP contribution >= 0.6 is 0 Å². The molecule has 38 heavy (non-hydrogen) atoms. The lowest BCUT2D eigenvalue weighted by atomic mass is 9.82. The molecule has 0 atom stereocenters. The van der Waals surface area contributed by atoms with Gasteiger partial charge in [-0.3, -0.25) is 0 Å². The number of benzene rings is 3. The van der Waals surface area contributed by atoms with Gasteiger partial charge in [0.15, 0.2) is 11.6 Å². The maximum Gasteiger partial charge on any atom is 0.166 e. The Morgan fingerprint density at radius 3 is 2.13 bits per heavy atom. The summed E-state index contributed by atoms with van der Waals surface area (Å²) in [5, 5.41) is 0. The summed E-state index contributed by atoms with van der Waals surface area (Å²) in [5.74, 6) is -0.767. The van der Waals surface area contributed by atoms with E-state index in [1.807, 2.05) is 6.92 Å². The highest BCUT2D eigenvalue weighted by Gasteiger charge is 2.27. The fraction of sp³-hybridized carbons (Fsp3) is 0.438. The molecule has 0 bridgehead atoms. The fourth-order valence-electron chi connectivity index (χ4n) is 4.87. The first kappa shape index (κ1) is 28.0. The molecule has 1 fully saturated rings. The van der Waals surface area contributed by atoms with Crippen molar-refractivity contribution in [2.75, 3.05) is 13.2 Å². The van der Waals surface area contributed by atoms with Crippen molar-refractivity contribution < 1.29 is 27.4 Å². The molecule has 0 N–H and O–H groups in total. The molecule has 3 nitrogen and oxygen atoms in total. The molecule has 204 valence electrons. The summed E-state index contributed by atoms with van der Waals surface area (Å²) in [4.78, 5) is 0. The molecule has 0 spiro atoms. The lowest BCUT2D eigenvalue weighted by Gasteiger charge is -2.29. The minimum Gasteiger partial charge on any atom is -0.494 e. The van der Waals surface area contributed by atoms with Crippen LogP contribution in [-0.2, 0) is 11.3 Å². The largest absolute Gasteiger partial charge is 0.494 e. The molecule has 3 aromatic rings. The SMILES string of the molecule is CCCCOc1ccc(COC2CCC(c3ccc(-c4ccc(OCCC)cc4)c(F)c3F)CC2)c(F)c1. The Labute approximate surface area is 223 Å². The zero-order valence-electron chi connectivity index (χ0n) is 22.3. The number of hydrogen-bond donors (Lipinski definition) is 0. The number of unbranched alkanes of at least 4 members (excludes halogenated alkanes) is 1. The maximum absolute atomic E-state index is 15.1. The summed E-state index contributed by atoms with van der Waals surface area (Å²) >= 11 is 0. The first-order chi connectivity index (χ1) is 18.5. The van der Waals surface area contributed by atoms with E-state index >= 15 is 8.78 Å². The van der Waals surface area contributed by atoms with Crippen LogP contribution in [-0.4, -0.2) is 19.3 Å². The van der Waals surface area contributed by atoms with Crippen LogP contribution in [0.2, 0.25) is 0 Å². The maximum atomic E-state index is 15.1. The Morgan fingerprint density at radius 1 is 0.737 bits per heavy atom. The van der Waals surface area contributed by atoms with E-state index in [0.29, 0.717) is 67.1 Å².